The summed E-state index contributed by atoms with van der Waals surface area (Å²) in [4.78, 5) is 50.5. The summed E-state index contributed by atoms with van der Waals surface area (Å²) in [6.45, 7) is 1.32. The number of aryl methyl sites for hydroxylation is 1. The fraction of sp³-hybridized carbons (Fsp3) is 0.308. The third-order valence-corrected chi connectivity index (χ3v) is 3.27. The van der Waals surface area contributed by atoms with E-state index in [1.165, 1.54) is 37.8 Å². The van der Waals surface area contributed by atoms with E-state index in [0.717, 1.165) is 4.57 Å². The summed E-state index contributed by atoms with van der Waals surface area (Å²) in [5.41, 5.74) is -0.916. The first-order chi connectivity index (χ1) is 10.2. The van der Waals surface area contributed by atoms with Crippen LogP contribution in [0.4, 0.5) is 0 Å². The quantitative estimate of drug-likeness (QED) is 0.737. The highest BCUT2D eigenvalue weighted by molar-refractivity contribution is 5.98. The monoisotopic (exact) mass is 306 g/mol. The largest absolute Gasteiger partial charge is 0.480 e. The molecule has 2 heterocycles. The van der Waals surface area contributed by atoms with E-state index in [4.69, 9.17) is 5.11 Å². The molecule has 9 heteroatoms. The summed E-state index contributed by atoms with van der Waals surface area (Å²) in [5, 5.41) is 11.1. The van der Waals surface area contributed by atoms with Gasteiger partial charge in [-0.1, -0.05) is 0 Å². The van der Waals surface area contributed by atoms with Crippen LogP contribution < -0.4 is 16.6 Å². The van der Waals surface area contributed by atoms with Gasteiger partial charge in [-0.15, -0.1) is 0 Å². The van der Waals surface area contributed by atoms with Crippen LogP contribution in [0.5, 0.6) is 0 Å². The van der Waals surface area contributed by atoms with E-state index in [1.807, 2.05) is 0 Å². The number of amides is 1. The zero-order valence-corrected chi connectivity index (χ0v) is 12.2. The van der Waals surface area contributed by atoms with Crippen molar-refractivity contribution in [2.45, 2.75) is 13.0 Å². The van der Waals surface area contributed by atoms with Crippen molar-refractivity contribution < 1.29 is 14.7 Å². The third kappa shape index (κ3) is 2.48. The van der Waals surface area contributed by atoms with Crippen molar-refractivity contribution >= 4 is 22.9 Å². The highest BCUT2D eigenvalue weighted by Crippen LogP contribution is 2.07. The van der Waals surface area contributed by atoms with Crippen LogP contribution in [0, 0.1) is 0 Å². The van der Waals surface area contributed by atoms with E-state index in [2.05, 4.69) is 10.3 Å². The molecule has 2 aromatic rings. The SMILES string of the molecule is C[C@H](NC(=O)c1cnc2c(c1)c(=O)n(C)c(=O)n2C)C(=O)O. The van der Waals surface area contributed by atoms with Gasteiger partial charge >= 0.3 is 11.7 Å². The summed E-state index contributed by atoms with van der Waals surface area (Å²) >= 11 is 0. The second-order valence-corrected chi connectivity index (χ2v) is 4.83. The average Bonchev–Trinajstić information content (AvgIpc) is 2.49. The highest BCUT2D eigenvalue weighted by Gasteiger charge is 2.17. The molecule has 0 aliphatic carbocycles. The van der Waals surface area contributed by atoms with Crippen molar-refractivity contribution in [1.29, 1.82) is 0 Å². The molecule has 1 atom stereocenters. The predicted octanol–water partition coefficient (Wildman–Crippen LogP) is -1.16. The van der Waals surface area contributed by atoms with E-state index in [0.29, 0.717) is 0 Å². The van der Waals surface area contributed by atoms with Crippen LogP contribution in [0.3, 0.4) is 0 Å². The molecular formula is C13H14N4O5. The van der Waals surface area contributed by atoms with Gasteiger partial charge < -0.3 is 10.4 Å². The molecule has 0 unspecified atom stereocenters. The Labute approximate surface area is 123 Å². The van der Waals surface area contributed by atoms with Gasteiger partial charge in [-0.25, -0.2) is 9.78 Å². The van der Waals surface area contributed by atoms with Crippen molar-refractivity contribution in [3.8, 4) is 0 Å². The number of carbonyl (C=O) groups excluding carboxylic acids is 1. The standard InChI is InChI=1S/C13H14N4O5/c1-6(12(20)21)15-10(18)7-4-8-9(14-5-7)16(2)13(22)17(3)11(8)19/h4-6H,1-3H3,(H,15,18)(H,20,21)/t6-/m0/s1. The topological polar surface area (TPSA) is 123 Å². The number of rotatable bonds is 3. The van der Waals surface area contributed by atoms with Gasteiger partial charge in [-0.2, -0.15) is 0 Å². The molecule has 0 aliphatic rings. The van der Waals surface area contributed by atoms with Crippen LogP contribution in [-0.4, -0.2) is 37.1 Å². The van der Waals surface area contributed by atoms with Gasteiger partial charge in [0.25, 0.3) is 11.5 Å². The minimum absolute atomic E-state index is 0.0383. The smallest absolute Gasteiger partial charge is 0.332 e. The summed E-state index contributed by atoms with van der Waals surface area (Å²) in [6.07, 6.45) is 1.19. The number of pyridine rings is 1. The highest BCUT2D eigenvalue weighted by atomic mass is 16.4. The summed E-state index contributed by atoms with van der Waals surface area (Å²) in [6, 6.07) is 0.208. The van der Waals surface area contributed by atoms with Crippen LogP contribution in [0.15, 0.2) is 21.9 Å². The van der Waals surface area contributed by atoms with Crippen LogP contribution in [0.25, 0.3) is 11.0 Å². The number of carbonyl (C=O) groups is 2. The molecule has 0 bridgehead atoms. The number of hydrogen-bond acceptors (Lipinski definition) is 5. The normalized spacial score (nSPS) is 12.1. The van der Waals surface area contributed by atoms with Crippen LogP contribution >= 0.6 is 0 Å². The molecule has 9 nitrogen and oxygen atoms in total. The summed E-state index contributed by atoms with van der Waals surface area (Å²) < 4.78 is 2.10. The van der Waals surface area contributed by atoms with Crippen molar-refractivity contribution in [3.05, 3.63) is 38.7 Å². The second-order valence-electron chi connectivity index (χ2n) is 4.83. The average molecular weight is 306 g/mol. The molecule has 0 aliphatic heterocycles. The Morgan fingerprint density at radius 2 is 1.91 bits per heavy atom. The third-order valence-electron chi connectivity index (χ3n) is 3.27. The first-order valence-corrected chi connectivity index (χ1v) is 6.33. The van der Waals surface area contributed by atoms with Crippen molar-refractivity contribution in [2.24, 2.45) is 14.1 Å². The Hall–Kier alpha value is -2.97. The number of carboxylic acids is 1. The lowest BCUT2D eigenvalue weighted by atomic mass is 10.2. The number of hydrogen-bond donors (Lipinski definition) is 2. The Morgan fingerprint density at radius 1 is 1.27 bits per heavy atom. The summed E-state index contributed by atoms with van der Waals surface area (Å²) in [7, 11) is 2.78. The molecule has 1 amide bonds. The number of nitrogens with zero attached hydrogens (tertiary/aromatic N) is 3. The van der Waals surface area contributed by atoms with Crippen LogP contribution in [-0.2, 0) is 18.9 Å². The summed E-state index contributed by atoms with van der Waals surface area (Å²) in [5.74, 6) is -1.85. The lowest BCUT2D eigenvalue weighted by Gasteiger charge is -2.10. The zero-order valence-electron chi connectivity index (χ0n) is 12.2. The van der Waals surface area contributed by atoms with Gasteiger partial charge in [-0.3, -0.25) is 23.5 Å². The molecule has 22 heavy (non-hydrogen) atoms. The first-order valence-electron chi connectivity index (χ1n) is 6.33. The van der Waals surface area contributed by atoms with Gasteiger partial charge in [0, 0.05) is 20.3 Å². The predicted molar refractivity (Wildman–Crippen MR) is 76.8 cm³/mol. The van der Waals surface area contributed by atoms with Crippen molar-refractivity contribution in [3.63, 3.8) is 0 Å². The van der Waals surface area contributed by atoms with Gasteiger partial charge in [0.2, 0.25) is 0 Å². The minimum atomic E-state index is -1.18. The first kappa shape index (κ1) is 15.4. The van der Waals surface area contributed by atoms with Gasteiger partial charge in [0.05, 0.1) is 10.9 Å². The lowest BCUT2D eigenvalue weighted by molar-refractivity contribution is -0.138. The molecule has 2 rings (SSSR count). The van der Waals surface area contributed by atoms with E-state index < -0.39 is 29.2 Å². The van der Waals surface area contributed by atoms with E-state index in [9.17, 15) is 19.2 Å². The lowest BCUT2D eigenvalue weighted by Crippen LogP contribution is -2.39. The van der Waals surface area contributed by atoms with Gasteiger partial charge in [0.1, 0.15) is 11.7 Å². The van der Waals surface area contributed by atoms with Gasteiger partial charge in [-0.05, 0) is 13.0 Å². The molecule has 0 spiro atoms. The van der Waals surface area contributed by atoms with Crippen molar-refractivity contribution in [1.82, 2.24) is 19.4 Å². The second kappa shape index (κ2) is 5.43. The fourth-order valence-corrected chi connectivity index (χ4v) is 1.93. The molecule has 2 aromatic heterocycles. The Morgan fingerprint density at radius 3 is 2.50 bits per heavy atom. The number of carboxylic acid groups (broad SMARTS) is 1. The van der Waals surface area contributed by atoms with E-state index in [-0.39, 0.29) is 16.6 Å². The molecule has 0 saturated heterocycles. The maximum absolute atomic E-state index is 12.1. The molecule has 2 N–H and O–H groups in total. The molecule has 0 radical (unpaired) electrons. The van der Waals surface area contributed by atoms with E-state index in [1.54, 1.807) is 0 Å². The molecular weight excluding hydrogens is 292 g/mol. The van der Waals surface area contributed by atoms with Crippen molar-refractivity contribution in [2.75, 3.05) is 0 Å². The van der Waals surface area contributed by atoms with E-state index >= 15 is 0 Å². The molecule has 0 saturated carbocycles. The van der Waals surface area contributed by atoms with Crippen LogP contribution in [0.2, 0.25) is 0 Å². The number of aliphatic carboxylic acids is 1. The Bertz CT molecular complexity index is 896. The minimum Gasteiger partial charge on any atom is -0.480 e. The molecule has 0 aromatic carbocycles. The Balaban J connectivity index is 2.56. The zero-order chi connectivity index (χ0) is 16.6. The molecule has 116 valence electrons. The Kier molecular flexibility index (Phi) is 3.81. The van der Waals surface area contributed by atoms with Gasteiger partial charge in [0.15, 0.2) is 0 Å². The molecule has 0 fully saturated rings. The maximum atomic E-state index is 12.1. The van der Waals surface area contributed by atoms with Crippen LogP contribution in [0.1, 0.15) is 17.3 Å². The number of aromatic nitrogens is 3. The number of fused-ring (bicyclic) bond motifs is 1. The number of nitrogens with one attached hydrogen (secondary N) is 1. The maximum Gasteiger partial charge on any atom is 0.332 e. The fourth-order valence-electron chi connectivity index (χ4n) is 1.93.